The van der Waals surface area contributed by atoms with Crippen molar-refractivity contribution in [1.29, 1.82) is 0 Å². The molecule has 100 valence electrons. The molecule has 0 radical (unpaired) electrons. The number of hydrogen-bond donors (Lipinski definition) is 1. The van der Waals surface area contributed by atoms with Crippen LogP contribution in [0.5, 0.6) is 0 Å². The van der Waals surface area contributed by atoms with Gasteiger partial charge in [0.1, 0.15) is 11.9 Å². The van der Waals surface area contributed by atoms with E-state index >= 15 is 0 Å². The van der Waals surface area contributed by atoms with E-state index in [4.69, 9.17) is 4.74 Å². The molecule has 1 heterocycles. The maximum Gasteiger partial charge on any atom is 0.253 e. The third-order valence-electron chi connectivity index (χ3n) is 2.38. The van der Waals surface area contributed by atoms with E-state index in [-0.39, 0.29) is 11.3 Å². The summed E-state index contributed by atoms with van der Waals surface area (Å²) in [5, 5.41) is 2.72. The zero-order valence-corrected chi connectivity index (χ0v) is 11.7. The van der Waals surface area contributed by atoms with E-state index in [1.54, 1.807) is 19.3 Å². The normalized spacial score (nSPS) is 13.2. The molecule has 5 nitrogen and oxygen atoms in total. The van der Waals surface area contributed by atoms with Crippen LogP contribution in [0.2, 0.25) is 0 Å². The Balaban J connectivity index is 2.67. The summed E-state index contributed by atoms with van der Waals surface area (Å²) in [7, 11) is 0. The van der Waals surface area contributed by atoms with Gasteiger partial charge in [0.15, 0.2) is 0 Å². The first-order chi connectivity index (χ1) is 8.34. The molecule has 0 aliphatic heterocycles. The molecule has 0 aromatic carbocycles. The standard InChI is InChI=1S/C13H21N3O2/c1-6-18-9(2)11(17)16-10-7-14-12(15-8-10)13(3,4)5/h7-9H,6H2,1-5H3,(H,16,17)/t9-/m0/s1. The molecule has 5 heteroatoms. The Morgan fingerprint density at radius 1 is 1.39 bits per heavy atom. The van der Waals surface area contributed by atoms with Crippen LogP contribution in [0.15, 0.2) is 12.4 Å². The SMILES string of the molecule is CCO[C@@H](C)C(=O)Nc1cnc(C(C)(C)C)nc1. The van der Waals surface area contributed by atoms with Crippen molar-refractivity contribution in [3.05, 3.63) is 18.2 Å². The van der Waals surface area contributed by atoms with Crippen LogP contribution in [0.25, 0.3) is 0 Å². The Bertz CT molecular complexity index is 396. The minimum absolute atomic E-state index is 0.0961. The van der Waals surface area contributed by atoms with Gasteiger partial charge >= 0.3 is 0 Å². The summed E-state index contributed by atoms with van der Waals surface area (Å²) in [5.74, 6) is 0.558. The summed E-state index contributed by atoms with van der Waals surface area (Å²) in [4.78, 5) is 20.2. The van der Waals surface area contributed by atoms with Gasteiger partial charge in [0.25, 0.3) is 5.91 Å². The molecular formula is C13H21N3O2. The van der Waals surface area contributed by atoms with Crippen molar-refractivity contribution >= 4 is 11.6 Å². The number of aromatic nitrogens is 2. The molecule has 0 bridgehead atoms. The molecule has 1 N–H and O–H groups in total. The summed E-state index contributed by atoms with van der Waals surface area (Å²) < 4.78 is 5.20. The topological polar surface area (TPSA) is 64.1 Å². The van der Waals surface area contributed by atoms with Crippen LogP contribution in [0.1, 0.15) is 40.4 Å². The lowest BCUT2D eigenvalue weighted by Crippen LogP contribution is -2.28. The predicted molar refractivity (Wildman–Crippen MR) is 70.4 cm³/mol. The average Bonchev–Trinajstić information content (AvgIpc) is 2.28. The zero-order valence-electron chi connectivity index (χ0n) is 11.7. The van der Waals surface area contributed by atoms with Crippen LogP contribution in [-0.2, 0) is 14.9 Å². The fraction of sp³-hybridized carbons (Fsp3) is 0.615. The number of carbonyl (C=O) groups excluding carboxylic acids is 1. The molecule has 0 saturated carbocycles. The van der Waals surface area contributed by atoms with Crippen molar-refractivity contribution in [3.63, 3.8) is 0 Å². The van der Waals surface area contributed by atoms with Crippen LogP contribution in [0.3, 0.4) is 0 Å². The van der Waals surface area contributed by atoms with Crippen molar-refractivity contribution < 1.29 is 9.53 Å². The van der Waals surface area contributed by atoms with Crippen molar-refractivity contribution in [2.45, 2.75) is 46.1 Å². The maximum atomic E-state index is 11.7. The minimum Gasteiger partial charge on any atom is -0.369 e. The molecule has 0 spiro atoms. The van der Waals surface area contributed by atoms with Crippen LogP contribution in [0.4, 0.5) is 5.69 Å². The van der Waals surface area contributed by atoms with Gasteiger partial charge in [-0.2, -0.15) is 0 Å². The average molecular weight is 251 g/mol. The van der Waals surface area contributed by atoms with E-state index in [1.165, 1.54) is 0 Å². The second-order valence-corrected chi connectivity index (χ2v) is 5.13. The fourth-order valence-corrected chi connectivity index (χ4v) is 1.35. The first kappa shape index (κ1) is 14.6. The molecule has 0 aliphatic carbocycles. The second-order valence-electron chi connectivity index (χ2n) is 5.13. The number of ether oxygens (including phenoxy) is 1. The van der Waals surface area contributed by atoms with E-state index in [1.807, 2.05) is 27.7 Å². The van der Waals surface area contributed by atoms with E-state index in [0.717, 1.165) is 5.82 Å². The van der Waals surface area contributed by atoms with Crippen LogP contribution < -0.4 is 5.32 Å². The molecule has 1 aromatic rings. The third-order valence-corrected chi connectivity index (χ3v) is 2.38. The molecule has 1 rings (SSSR count). The van der Waals surface area contributed by atoms with E-state index in [2.05, 4.69) is 15.3 Å². The first-order valence-electron chi connectivity index (χ1n) is 6.09. The van der Waals surface area contributed by atoms with Crippen molar-refractivity contribution in [1.82, 2.24) is 9.97 Å². The Morgan fingerprint density at radius 2 is 1.94 bits per heavy atom. The summed E-state index contributed by atoms with van der Waals surface area (Å²) >= 11 is 0. The van der Waals surface area contributed by atoms with Crippen LogP contribution in [-0.4, -0.2) is 28.6 Å². The van der Waals surface area contributed by atoms with Gasteiger partial charge in [0.05, 0.1) is 18.1 Å². The Hall–Kier alpha value is -1.49. The highest BCUT2D eigenvalue weighted by atomic mass is 16.5. The lowest BCUT2D eigenvalue weighted by Gasteiger charge is -2.16. The van der Waals surface area contributed by atoms with Crippen molar-refractivity contribution in [2.24, 2.45) is 0 Å². The monoisotopic (exact) mass is 251 g/mol. The van der Waals surface area contributed by atoms with Gasteiger partial charge in [0, 0.05) is 12.0 Å². The number of hydrogen-bond acceptors (Lipinski definition) is 4. The van der Waals surface area contributed by atoms with Gasteiger partial charge < -0.3 is 10.1 Å². The number of rotatable bonds is 4. The number of nitrogens with zero attached hydrogens (tertiary/aromatic N) is 2. The van der Waals surface area contributed by atoms with E-state index < -0.39 is 6.10 Å². The first-order valence-corrected chi connectivity index (χ1v) is 6.09. The predicted octanol–water partition coefficient (Wildman–Crippen LogP) is 2.14. The zero-order chi connectivity index (χ0) is 13.8. The van der Waals surface area contributed by atoms with Crippen molar-refractivity contribution in [3.8, 4) is 0 Å². The Morgan fingerprint density at radius 3 is 2.39 bits per heavy atom. The summed E-state index contributed by atoms with van der Waals surface area (Å²) in [5.41, 5.74) is 0.487. The Kier molecular flexibility index (Phi) is 4.78. The summed E-state index contributed by atoms with van der Waals surface area (Å²) in [6.07, 6.45) is 2.76. The highest BCUT2D eigenvalue weighted by molar-refractivity contribution is 5.93. The molecular weight excluding hydrogens is 230 g/mol. The lowest BCUT2D eigenvalue weighted by molar-refractivity contribution is -0.126. The van der Waals surface area contributed by atoms with Crippen LogP contribution >= 0.6 is 0 Å². The third kappa shape index (κ3) is 4.07. The highest BCUT2D eigenvalue weighted by Gasteiger charge is 2.17. The van der Waals surface area contributed by atoms with Gasteiger partial charge in [-0.1, -0.05) is 20.8 Å². The molecule has 1 atom stereocenters. The largest absolute Gasteiger partial charge is 0.369 e. The molecule has 0 saturated heterocycles. The highest BCUT2D eigenvalue weighted by Crippen LogP contribution is 2.18. The van der Waals surface area contributed by atoms with Gasteiger partial charge in [-0.25, -0.2) is 9.97 Å². The molecule has 0 aliphatic rings. The molecule has 18 heavy (non-hydrogen) atoms. The minimum atomic E-state index is -0.475. The molecule has 1 amide bonds. The number of amides is 1. The number of carbonyl (C=O) groups is 1. The van der Waals surface area contributed by atoms with Crippen LogP contribution in [0, 0.1) is 0 Å². The summed E-state index contributed by atoms with van der Waals surface area (Å²) in [6, 6.07) is 0. The number of anilines is 1. The fourth-order valence-electron chi connectivity index (χ4n) is 1.35. The van der Waals surface area contributed by atoms with Crippen molar-refractivity contribution in [2.75, 3.05) is 11.9 Å². The van der Waals surface area contributed by atoms with Gasteiger partial charge in [-0.15, -0.1) is 0 Å². The van der Waals surface area contributed by atoms with Gasteiger partial charge in [-0.05, 0) is 13.8 Å². The number of nitrogens with one attached hydrogen (secondary N) is 1. The molecule has 0 unspecified atom stereocenters. The smallest absolute Gasteiger partial charge is 0.253 e. The second kappa shape index (κ2) is 5.91. The van der Waals surface area contributed by atoms with E-state index in [0.29, 0.717) is 12.3 Å². The summed E-state index contributed by atoms with van der Waals surface area (Å²) in [6.45, 7) is 10.2. The lowest BCUT2D eigenvalue weighted by atomic mass is 9.96. The molecule has 0 fully saturated rings. The molecule has 1 aromatic heterocycles. The van der Waals surface area contributed by atoms with Gasteiger partial charge in [0.2, 0.25) is 0 Å². The maximum absolute atomic E-state index is 11.7. The Labute approximate surface area is 108 Å². The van der Waals surface area contributed by atoms with E-state index in [9.17, 15) is 4.79 Å². The van der Waals surface area contributed by atoms with Gasteiger partial charge in [-0.3, -0.25) is 4.79 Å². The quantitative estimate of drug-likeness (QED) is 0.890.